The molecule has 0 bridgehead atoms. The molecule has 0 saturated carbocycles. The van der Waals surface area contributed by atoms with Crippen LogP contribution in [0.1, 0.15) is 36.9 Å². The van der Waals surface area contributed by atoms with E-state index in [0.717, 1.165) is 5.92 Å². The zero-order valence-electron chi connectivity index (χ0n) is 10.1. The van der Waals surface area contributed by atoms with Crippen LogP contribution in [0.25, 0.3) is 0 Å². The van der Waals surface area contributed by atoms with Crippen LogP contribution in [0.3, 0.4) is 0 Å². The largest absolute Gasteiger partial charge is 1.00 e. The van der Waals surface area contributed by atoms with Gasteiger partial charge in [0.25, 0.3) is 0 Å². The maximum absolute atomic E-state index is 3.60. The van der Waals surface area contributed by atoms with Crippen molar-refractivity contribution in [2.24, 2.45) is 5.92 Å². The first kappa shape index (κ1) is 16.2. The van der Waals surface area contributed by atoms with Gasteiger partial charge in [-0.15, -0.1) is 0 Å². The molecule has 3 heteroatoms. The standard InChI is InChI=1S/C13H19N.BH4.Na/c1-10-3-6-12(7-4-10)13-8-5-11(2)9-14-13;;/h3-4,6-7,11,13-14H,5,8-9H2,1-2H3;1H4;/q;-1;+1. The Labute approximate surface area is 123 Å². The molecule has 1 N–H and O–H groups in total. The summed E-state index contributed by atoms with van der Waals surface area (Å²) >= 11 is 0. The predicted octanol–water partition coefficient (Wildman–Crippen LogP) is -1.39. The first-order valence-corrected chi connectivity index (χ1v) is 5.55. The van der Waals surface area contributed by atoms with E-state index in [9.17, 15) is 0 Å². The van der Waals surface area contributed by atoms with Crippen molar-refractivity contribution in [3.05, 3.63) is 35.4 Å². The van der Waals surface area contributed by atoms with Gasteiger partial charge >= 0.3 is 29.6 Å². The molecule has 1 saturated heterocycles. The summed E-state index contributed by atoms with van der Waals surface area (Å²) < 4.78 is 0. The molecule has 16 heavy (non-hydrogen) atoms. The summed E-state index contributed by atoms with van der Waals surface area (Å²) in [4.78, 5) is 0. The number of hydrogen-bond donors (Lipinski definition) is 1. The third-order valence-corrected chi connectivity index (χ3v) is 3.14. The van der Waals surface area contributed by atoms with E-state index in [4.69, 9.17) is 0 Å². The number of aryl methyl sites for hydroxylation is 1. The molecule has 0 aliphatic carbocycles. The molecule has 1 aromatic carbocycles. The molecule has 2 unspecified atom stereocenters. The van der Waals surface area contributed by atoms with E-state index in [-0.39, 0.29) is 38.0 Å². The molecular formula is C13H23BNNa. The first-order valence-electron chi connectivity index (χ1n) is 5.55. The van der Waals surface area contributed by atoms with Crippen molar-refractivity contribution in [2.75, 3.05) is 6.54 Å². The van der Waals surface area contributed by atoms with Crippen molar-refractivity contribution in [3.8, 4) is 0 Å². The van der Waals surface area contributed by atoms with Gasteiger partial charge in [-0.25, -0.2) is 0 Å². The number of piperidine rings is 1. The molecule has 0 spiro atoms. The summed E-state index contributed by atoms with van der Waals surface area (Å²) in [5, 5.41) is 3.60. The number of hydrogen-bond acceptors (Lipinski definition) is 1. The first-order chi connectivity index (χ1) is 6.75. The Kier molecular flexibility index (Phi) is 7.66. The van der Waals surface area contributed by atoms with Crippen LogP contribution in [-0.2, 0) is 0 Å². The van der Waals surface area contributed by atoms with Crippen LogP contribution >= 0.6 is 0 Å². The van der Waals surface area contributed by atoms with Gasteiger partial charge in [-0.05, 0) is 37.8 Å². The monoisotopic (exact) mass is 227 g/mol. The van der Waals surface area contributed by atoms with E-state index in [1.807, 2.05) is 0 Å². The van der Waals surface area contributed by atoms with E-state index in [2.05, 4.69) is 43.4 Å². The SMILES string of the molecule is Cc1ccc(C2CCC(C)CN2)cc1.[BH4-].[Na+]. The van der Waals surface area contributed by atoms with Crippen LogP contribution in [0.5, 0.6) is 0 Å². The second-order valence-electron chi connectivity index (χ2n) is 4.55. The predicted molar refractivity (Wildman–Crippen MR) is 71.7 cm³/mol. The zero-order valence-corrected chi connectivity index (χ0v) is 12.1. The Morgan fingerprint density at radius 2 is 1.75 bits per heavy atom. The maximum atomic E-state index is 3.60. The second kappa shape index (κ2) is 7.55. The molecule has 1 aliphatic rings. The van der Waals surface area contributed by atoms with Gasteiger partial charge in [-0.3, -0.25) is 0 Å². The van der Waals surface area contributed by atoms with E-state index in [0.29, 0.717) is 6.04 Å². The van der Waals surface area contributed by atoms with Gasteiger partial charge in [0.2, 0.25) is 0 Å². The molecule has 1 aliphatic heterocycles. The Bertz CT molecular complexity index is 291. The summed E-state index contributed by atoms with van der Waals surface area (Å²) in [6.07, 6.45) is 2.63. The van der Waals surface area contributed by atoms with Crippen molar-refractivity contribution in [1.82, 2.24) is 5.32 Å². The van der Waals surface area contributed by atoms with E-state index < -0.39 is 0 Å². The van der Waals surface area contributed by atoms with Crippen LogP contribution in [-0.4, -0.2) is 15.0 Å². The number of nitrogens with one attached hydrogen (secondary N) is 1. The molecule has 1 heterocycles. The fourth-order valence-corrected chi connectivity index (χ4v) is 2.08. The molecule has 0 amide bonds. The van der Waals surface area contributed by atoms with Crippen LogP contribution in [0.4, 0.5) is 0 Å². The van der Waals surface area contributed by atoms with Gasteiger partial charge in [-0.2, -0.15) is 0 Å². The fourth-order valence-electron chi connectivity index (χ4n) is 2.08. The second-order valence-corrected chi connectivity index (χ2v) is 4.55. The minimum atomic E-state index is 0. The van der Waals surface area contributed by atoms with Crippen molar-refractivity contribution < 1.29 is 29.6 Å². The van der Waals surface area contributed by atoms with Crippen molar-refractivity contribution >= 4 is 8.41 Å². The van der Waals surface area contributed by atoms with Crippen molar-refractivity contribution in [3.63, 3.8) is 0 Å². The number of benzene rings is 1. The molecule has 1 nitrogen and oxygen atoms in total. The molecule has 84 valence electrons. The van der Waals surface area contributed by atoms with Gasteiger partial charge in [0.1, 0.15) is 0 Å². The molecule has 1 aromatic rings. The summed E-state index contributed by atoms with van der Waals surface area (Å²) in [6.45, 7) is 5.62. The van der Waals surface area contributed by atoms with Crippen molar-refractivity contribution in [1.29, 1.82) is 0 Å². The molecule has 1 fully saturated rings. The Morgan fingerprint density at radius 1 is 1.12 bits per heavy atom. The van der Waals surface area contributed by atoms with E-state index in [1.54, 1.807) is 0 Å². The normalized spacial score (nSPS) is 24.1. The quantitative estimate of drug-likeness (QED) is 0.582. The Hall–Kier alpha value is 0.245. The van der Waals surface area contributed by atoms with Gasteiger partial charge in [0.15, 0.2) is 0 Å². The Balaban J connectivity index is 0.00000112. The molecule has 0 aromatic heterocycles. The van der Waals surface area contributed by atoms with Gasteiger partial charge in [0, 0.05) is 6.04 Å². The van der Waals surface area contributed by atoms with E-state index in [1.165, 1.54) is 30.5 Å². The maximum Gasteiger partial charge on any atom is 1.00 e. The van der Waals surface area contributed by atoms with E-state index >= 15 is 0 Å². The van der Waals surface area contributed by atoms with Crippen LogP contribution in [0.15, 0.2) is 24.3 Å². The summed E-state index contributed by atoms with van der Waals surface area (Å²) in [5.41, 5.74) is 2.79. The van der Waals surface area contributed by atoms with Crippen LogP contribution in [0.2, 0.25) is 0 Å². The van der Waals surface area contributed by atoms with Crippen molar-refractivity contribution in [2.45, 2.75) is 32.7 Å². The third kappa shape index (κ3) is 4.25. The van der Waals surface area contributed by atoms with Crippen LogP contribution in [0, 0.1) is 12.8 Å². The topological polar surface area (TPSA) is 12.0 Å². The molecule has 0 radical (unpaired) electrons. The number of rotatable bonds is 1. The molecular weight excluding hydrogens is 204 g/mol. The smallest absolute Gasteiger partial charge is 0.310 e. The minimum absolute atomic E-state index is 0. The average molecular weight is 227 g/mol. The summed E-state index contributed by atoms with van der Waals surface area (Å²) in [5.74, 6) is 0.844. The third-order valence-electron chi connectivity index (χ3n) is 3.14. The molecule has 2 atom stereocenters. The zero-order chi connectivity index (χ0) is 9.97. The minimum Gasteiger partial charge on any atom is -0.310 e. The average Bonchev–Trinajstić information content (AvgIpc) is 2.21. The fraction of sp³-hybridized carbons (Fsp3) is 0.538. The van der Waals surface area contributed by atoms with Gasteiger partial charge in [-0.1, -0.05) is 45.2 Å². The Morgan fingerprint density at radius 3 is 2.25 bits per heavy atom. The summed E-state index contributed by atoms with van der Waals surface area (Å²) in [7, 11) is 0. The summed E-state index contributed by atoms with van der Waals surface area (Å²) in [6, 6.07) is 9.50. The van der Waals surface area contributed by atoms with Gasteiger partial charge < -0.3 is 5.32 Å². The van der Waals surface area contributed by atoms with Crippen LogP contribution < -0.4 is 34.9 Å². The molecule has 2 rings (SSSR count). The van der Waals surface area contributed by atoms with Gasteiger partial charge in [0.05, 0.1) is 0 Å².